The standard InChI is InChI=1S/C10H18N2O4S/c11-4-7-15-8-9-17(13,14)12-5-3-10-2-1-6-16-10/h1-2,6,12H,3-5,7-9,11H2. The Morgan fingerprint density at radius 3 is 2.88 bits per heavy atom. The molecular weight excluding hydrogens is 244 g/mol. The van der Waals surface area contributed by atoms with E-state index in [0.29, 0.717) is 26.1 Å². The van der Waals surface area contributed by atoms with Crippen LogP contribution >= 0.6 is 0 Å². The number of hydrogen-bond acceptors (Lipinski definition) is 5. The van der Waals surface area contributed by atoms with Gasteiger partial charge in [0.1, 0.15) is 5.76 Å². The van der Waals surface area contributed by atoms with Crippen LogP contribution in [0.2, 0.25) is 0 Å². The molecule has 0 unspecified atom stereocenters. The van der Waals surface area contributed by atoms with Crippen molar-refractivity contribution in [3.8, 4) is 0 Å². The molecular formula is C10H18N2O4S. The highest BCUT2D eigenvalue weighted by atomic mass is 32.2. The quantitative estimate of drug-likeness (QED) is 0.597. The van der Waals surface area contributed by atoms with Crippen LogP contribution in [-0.2, 0) is 21.2 Å². The van der Waals surface area contributed by atoms with Gasteiger partial charge in [-0.25, -0.2) is 13.1 Å². The first kappa shape index (κ1) is 14.2. The van der Waals surface area contributed by atoms with E-state index in [-0.39, 0.29) is 12.4 Å². The molecule has 1 rings (SSSR count). The van der Waals surface area contributed by atoms with E-state index in [1.54, 1.807) is 18.4 Å². The Hall–Kier alpha value is -0.890. The number of sulfonamides is 1. The Labute approximate surface area is 101 Å². The van der Waals surface area contributed by atoms with Crippen molar-refractivity contribution in [2.75, 3.05) is 32.1 Å². The molecule has 0 fully saturated rings. The van der Waals surface area contributed by atoms with Crippen LogP contribution in [0.4, 0.5) is 0 Å². The minimum absolute atomic E-state index is 0.0504. The molecule has 0 aromatic carbocycles. The van der Waals surface area contributed by atoms with E-state index >= 15 is 0 Å². The van der Waals surface area contributed by atoms with Crippen molar-refractivity contribution in [2.24, 2.45) is 5.73 Å². The van der Waals surface area contributed by atoms with Gasteiger partial charge in [0.05, 0.1) is 25.2 Å². The molecule has 17 heavy (non-hydrogen) atoms. The lowest BCUT2D eigenvalue weighted by molar-refractivity contribution is 0.156. The summed E-state index contributed by atoms with van der Waals surface area (Å²) in [6.45, 7) is 1.26. The Morgan fingerprint density at radius 1 is 1.41 bits per heavy atom. The van der Waals surface area contributed by atoms with E-state index in [4.69, 9.17) is 14.9 Å². The molecule has 0 amide bonds. The van der Waals surface area contributed by atoms with Crippen molar-refractivity contribution in [1.29, 1.82) is 0 Å². The fourth-order valence-corrected chi connectivity index (χ4v) is 2.11. The molecule has 0 saturated carbocycles. The second kappa shape index (κ2) is 7.44. The largest absolute Gasteiger partial charge is 0.469 e. The van der Waals surface area contributed by atoms with Crippen molar-refractivity contribution in [2.45, 2.75) is 6.42 Å². The third-order valence-electron chi connectivity index (χ3n) is 2.03. The fourth-order valence-electron chi connectivity index (χ4n) is 1.21. The van der Waals surface area contributed by atoms with Crippen LogP contribution < -0.4 is 10.5 Å². The maximum Gasteiger partial charge on any atom is 0.213 e. The minimum Gasteiger partial charge on any atom is -0.469 e. The number of nitrogens with two attached hydrogens (primary N) is 1. The average Bonchev–Trinajstić information content (AvgIpc) is 2.77. The fraction of sp³-hybridized carbons (Fsp3) is 0.600. The number of rotatable bonds is 9. The highest BCUT2D eigenvalue weighted by Gasteiger charge is 2.09. The maximum atomic E-state index is 11.5. The zero-order valence-electron chi connectivity index (χ0n) is 9.59. The van der Waals surface area contributed by atoms with Crippen LogP contribution in [-0.4, -0.2) is 40.5 Å². The van der Waals surface area contributed by atoms with Crippen LogP contribution in [0.25, 0.3) is 0 Å². The second-order valence-corrected chi connectivity index (χ2v) is 5.37. The maximum absolute atomic E-state index is 11.5. The van der Waals surface area contributed by atoms with E-state index in [0.717, 1.165) is 5.76 Å². The Balaban J connectivity index is 2.16. The van der Waals surface area contributed by atoms with Crippen molar-refractivity contribution < 1.29 is 17.6 Å². The summed E-state index contributed by atoms with van der Waals surface area (Å²) in [7, 11) is -3.27. The molecule has 0 atom stereocenters. The van der Waals surface area contributed by atoms with Crippen LogP contribution in [0.5, 0.6) is 0 Å². The molecule has 0 bridgehead atoms. The monoisotopic (exact) mass is 262 g/mol. The molecule has 98 valence electrons. The summed E-state index contributed by atoms with van der Waals surface area (Å²) in [5, 5.41) is 0. The van der Waals surface area contributed by atoms with Gasteiger partial charge in [0.15, 0.2) is 0 Å². The first-order valence-electron chi connectivity index (χ1n) is 5.41. The van der Waals surface area contributed by atoms with Gasteiger partial charge in [-0.2, -0.15) is 0 Å². The summed E-state index contributed by atoms with van der Waals surface area (Å²) >= 11 is 0. The first-order valence-corrected chi connectivity index (χ1v) is 7.07. The van der Waals surface area contributed by atoms with Crippen LogP contribution in [0.15, 0.2) is 22.8 Å². The van der Waals surface area contributed by atoms with Crippen molar-refractivity contribution in [3.63, 3.8) is 0 Å². The molecule has 7 heteroatoms. The lowest BCUT2D eigenvalue weighted by Crippen LogP contribution is -2.30. The summed E-state index contributed by atoms with van der Waals surface area (Å²) in [5.41, 5.74) is 5.21. The van der Waals surface area contributed by atoms with Gasteiger partial charge in [-0.05, 0) is 12.1 Å². The summed E-state index contributed by atoms with van der Waals surface area (Å²) in [6, 6.07) is 3.57. The molecule has 0 aliphatic rings. The van der Waals surface area contributed by atoms with Crippen molar-refractivity contribution >= 4 is 10.0 Å². The second-order valence-electron chi connectivity index (χ2n) is 3.44. The third kappa shape index (κ3) is 6.42. The van der Waals surface area contributed by atoms with Gasteiger partial charge in [0.2, 0.25) is 10.0 Å². The molecule has 0 aliphatic carbocycles. The predicted octanol–water partition coefficient (Wildman–Crippen LogP) is -0.283. The van der Waals surface area contributed by atoms with Crippen molar-refractivity contribution in [1.82, 2.24) is 4.72 Å². The molecule has 0 spiro atoms. The third-order valence-corrected chi connectivity index (χ3v) is 3.38. The van der Waals surface area contributed by atoms with Gasteiger partial charge in [-0.1, -0.05) is 0 Å². The molecule has 0 aliphatic heterocycles. The number of ether oxygens (including phenoxy) is 1. The van der Waals surface area contributed by atoms with Gasteiger partial charge < -0.3 is 14.9 Å². The van der Waals surface area contributed by atoms with E-state index in [9.17, 15) is 8.42 Å². The highest BCUT2D eigenvalue weighted by molar-refractivity contribution is 7.89. The summed E-state index contributed by atoms with van der Waals surface area (Å²) in [5.74, 6) is 0.706. The number of nitrogens with one attached hydrogen (secondary N) is 1. The smallest absolute Gasteiger partial charge is 0.213 e. The van der Waals surface area contributed by atoms with E-state index in [1.807, 2.05) is 0 Å². The zero-order valence-corrected chi connectivity index (χ0v) is 10.4. The number of hydrogen-bond donors (Lipinski definition) is 2. The molecule has 6 nitrogen and oxygen atoms in total. The Morgan fingerprint density at radius 2 is 2.24 bits per heavy atom. The molecule has 1 aromatic rings. The van der Waals surface area contributed by atoms with E-state index in [1.165, 1.54) is 0 Å². The van der Waals surface area contributed by atoms with E-state index in [2.05, 4.69) is 4.72 Å². The average molecular weight is 262 g/mol. The molecule has 0 radical (unpaired) electrons. The van der Waals surface area contributed by atoms with Gasteiger partial charge in [-0.15, -0.1) is 0 Å². The number of furan rings is 1. The van der Waals surface area contributed by atoms with Crippen LogP contribution in [0, 0.1) is 0 Å². The Kier molecular flexibility index (Phi) is 6.20. The lowest BCUT2D eigenvalue weighted by Gasteiger charge is -2.06. The molecule has 0 saturated heterocycles. The summed E-state index contributed by atoms with van der Waals surface area (Å²) < 4.78 is 35.5. The van der Waals surface area contributed by atoms with Crippen LogP contribution in [0.3, 0.4) is 0 Å². The zero-order chi connectivity index (χ0) is 12.6. The molecule has 1 aromatic heterocycles. The lowest BCUT2D eigenvalue weighted by atomic mass is 10.3. The van der Waals surface area contributed by atoms with Crippen molar-refractivity contribution in [3.05, 3.63) is 24.2 Å². The van der Waals surface area contributed by atoms with Gasteiger partial charge in [0.25, 0.3) is 0 Å². The first-order chi connectivity index (χ1) is 8.14. The topological polar surface area (TPSA) is 94.6 Å². The predicted molar refractivity (Wildman–Crippen MR) is 64.1 cm³/mol. The van der Waals surface area contributed by atoms with Gasteiger partial charge in [0, 0.05) is 19.5 Å². The summed E-state index contributed by atoms with van der Waals surface area (Å²) in [4.78, 5) is 0. The van der Waals surface area contributed by atoms with Gasteiger partial charge >= 0.3 is 0 Å². The molecule has 1 heterocycles. The minimum atomic E-state index is -3.27. The van der Waals surface area contributed by atoms with E-state index < -0.39 is 10.0 Å². The van der Waals surface area contributed by atoms with Crippen LogP contribution in [0.1, 0.15) is 5.76 Å². The molecule has 3 N–H and O–H groups in total. The Bertz CT molecular complexity index is 388. The highest BCUT2D eigenvalue weighted by Crippen LogP contribution is 1.99. The SMILES string of the molecule is NCCOCCS(=O)(=O)NCCc1ccco1. The van der Waals surface area contributed by atoms with Gasteiger partial charge in [-0.3, -0.25) is 0 Å². The summed E-state index contributed by atoms with van der Waals surface area (Å²) in [6.07, 6.45) is 2.10. The normalized spacial score (nSPS) is 11.8.